The summed E-state index contributed by atoms with van der Waals surface area (Å²) in [6.07, 6.45) is 4.74. The van der Waals surface area contributed by atoms with Gasteiger partial charge < -0.3 is 10.2 Å². The van der Waals surface area contributed by atoms with Gasteiger partial charge in [0.1, 0.15) is 0 Å². The van der Waals surface area contributed by atoms with Gasteiger partial charge in [-0.1, -0.05) is 41.0 Å². The van der Waals surface area contributed by atoms with Crippen molar-refractivity contribution in [3.8, 4) is 0 Å². The Kier molecular flexibility index (Phi) is 8.84. The van der Waals surface area contributed by atoms with Crippen LogP contribution in [0.1, 0.15) is 60.3 Å². The lowest BCUT2D eigenvalue weighted by Gasteiger charge is -2.34. The summed E-state index contributed by atoms with van der Waals surface area (Å²) in [7, 11) is 0. The van der Waals surface area contributed by atoms with Gasteiger partial charge in [0.05, 0.1) is 0 Å². The Labute approximate surface area is 137 Å². The highest BCUT2D eigenvalue weighted by Gasteiger charge is 2.24. The first kappa shape index (κ1) is 19.3. The van der Waals surface area contributed by atoms with Crippen LogP contribution in [-0.4, -0.2) is 54.6 Å². The van der Waals surface area contributed by atoms with Crippen LogP contribution in [0.3, 0.4) is 0 Å². The third kappa shape index (κ3) is 6.15. The lowest BCUT2D eigenvalue weighted by atomic mass is 9.96. The molecular formula is C18H37N3O. The quantitative estimate of drug-likeness (QED) is 0.744. The third-order valence-electron chi connectivity index (χ3n) is 4.94. The Hall–Kier alpha value is -0.770. The molecule has 0 spiro atoms. The second kappa shape index (κ2) is 10.1. The summed E-state index contributed by atoms with van der Waals surface area (Å²) in [6, 6.07) is 0.588. The van der Waals surface area contributed by atoms with Gasteiger partial charge in [0.2, 0.25) is 0 Å². The Morgan fingerprint density at radius 3 is 2.50 bits per heavy atom. The van der Waals surface area contributed by atoms with E-state index in [0.29, 0.717) is 17.9 Å². The summed E-state index contributed by atoms with van der Waals surface area (Å²) in [4.78, 5) is 16.9. The first-order chi connectivity index (χ1) is 10.5. The number of likely N-dealkylation sites (N-methyl/N-ethyl adjacent to an activating group) is 1. The summed E-state index contributed by atoms with van der Waals surface area (Å²) < 4.78 is 0. The number of nitrogens with one attached hydrogen (secondary N) is 1. The molecule has 1 aliphatic rings. The fraction of sp³-hybridized carbons (Fsp3) is 0.944. The van der Waals surface area contributed by atoms with Gasteiger partial charge in [-0.3, -0.25) is 4.90 Å². The molecule has 0 aromatic rings. The van der Waals surface area contributed by atoms with E-state index in [1.54, 1.807) is 0 Å². The van der Waals surface area contributed by atoms with Crippen LogP contribution in [0, 0.1) is 11.8 Å². The topological polar surface area (TPSA) is 35.6 Å². The molecule has 1 saturated heterocycles. The number of carbonyl (C=O) groups excluding carboxylic acids is 1. The van der Waals surface area contributed by atoms with Crippen LogP contribution in [0.5, 0.6) is 0 Å². The molecule has 1 N–H and O–H groups in total. The van der Waals surface area contributed by atoms with E-state index in [9.17, 15) is 4.79 Å². The average Bonchev–Trinajstić information content (AvgIpc) is 2.52. The van der Waals surface area contributed by atoms with Gasteiger partial charge in [0, 0.05) is 25.7 Å². The van der Waals surface area contributed by atoms with E-state index in [4.69, 9.17) is 0 Å². The van der Waals surface area contributed by atoms with Gasteiger partial charge in [0.15, 0.2) is 0 Å². The molecule has 1 fully saturated rings. The van der Waals surface area contributed by atoms with Crippen molar-refractivity contribution in [1.29, 1.82) is 0 Å². The number of hydrogen-bond acceptors (Lipinski definition) is 2. The van der Waals surface area contributed by atoms with Crippen molar-refractivity contribution < 1.29 is 4.79 Å². The van der Waals surface area contributed by atoms with Crippen LogP contribution in [0.25, 0.3) is 0 Å². The summed E-state index contributed by atoms with van der Waals surface area (Å²) in [6.45, 7) is 15.9. The van der Waals surface area contributed by atoms with Gasteiger partial charge >= 0.3 is 6.03 Å². The van der Waals surface area contributed by atoms with Crippen LogP contribution in [0.4, 0.5) is 4.79 Å². The fourth-order valence-electron chi connectivity index (χ4n) is 3.55. The normalized spacial score (nSPS) is 20.5. The van der Waals surface area contributed by atoms with E-state index < -0.39 is 0 Å². The number of urea groups is 1. The van der Waals surface area contributed by atoms with Crippen LogP contribution < -0.4 is 5.32 Å². The average molecular weight is 312 g/mol. The molecule has 2 amide bonds. The molecule has 2 unspecified atom stereocenters. The van der Waals surface area contributed by atoms with E-state index in [1.807, 2.05) is 4.90 Å². The van der Waals surface area contributed by atoms with Gasteiger partial charge in [-0.25, -0.2) is 4.79 Å². The molecule has 0 aromatic carbocycles. The second-order valence-electron chi connectivity index (χ2n) is 7.05. The zero-order chi connectivity index (χ0) is 16.5. The Balaban J connectivity index is 2.50. The zero-order valence-corrected chi connectivity index (χ0v) is 15.4. The first-order valence-electron chi connectivity index (χ1n) is 9.28. The molecular weight excluding hydrogens is 274 g/mol. The molecule has 22 heavy (non-hydrogen) atoms. The number of piperidine rings is 1. The second-order valence-corrected chi connectivity index (χ2v) is 7.05. The molecule has 0 aliphatic carbocycles. The Morgan fingerprint density at radius 1 is 1.27 bits per heavy atom. The highest BCUT2D eigenvalue weighted by molar-refractivity contribution is 5.74. The highest BCUT2D eigenvalue weighted by atomic mass is 16.2. The minimum Gasteiger partial charge on any atom is -0.336 e. The number of rotatable bonds is 8. The van der Waals surface area contributed by atoms with Crippen LogP contribution in [-0.2, 0) is 0 Å². The number of carbonyl (C=O) groups is 1. The van der Waals surface area contributed by atoms with Crippen molar-refractivity contribution in [1.82, 2.24) is 15.1 Å². The smallest absolute Gasteiger partial charge is 0.317 e. The molecule has 4 heteroatoms. The Morgan fingerprint density at radius 2 is 1.95 bits per heavy atom. The monoisotopic (exact) mass is 311 g/mol. The van der Waals surface area contributed by atoms with Crippen molar-refractivity contribution in [2.24, 2.45) is 11.8 Å². The maximum atomic E-state index is 12.4. The van der Waals surface area contributed by atoms with E-state index in [2.05, 4.69) is 44.8 Å². The summed E-state index contributed by atoms with van der Waals surface area (Å²) in [5.41, 5.74) is 0. The number of amides is 2. The summed E-state index contributed by atoms with van der Waals surface area (Å²) in [5, 5.41) is 3.20. The van der Waals surface area contributed by atoms with E-state index in [0.717, 1.165) is 45.6 Å². The minimum atomic E-state index is 0.138. The molecule has 0 bridgehead atoms. The van der Waals surface area contributed by atoms with Gasteiger partial charge in [-0.2, -0.15) is 0 Å². The van der Waals surface area contributed by atoms with Crippen LogP contribution >= 0.6 is 0 Å². The first-order valence-corrected chi connectivity index (χ1v) is 9.28. The maximum Gasteiger partial charge on any atom is 0.317 e. The predicted molar refractivity (Wildman–Crippen MR) is 94.2 cm³/mol. The van der Waals surface area contributed by atoms with Crippen molar-refractivity contribution in [2.45, 2.75) is 66.3 Å². The Bertz CT molecular complexity index is 315. The van der Waals surface area contributed by atoms with E-state index in [1.165, 1.54) is 12.8 Å². The molecule has 1 aliphatic heterocycles. The SMILES string of the molecule is CCC1CCCN(C(=O)NCC(CC(C)C)N(CC)CC)C1. The number of hydrogen-bond donors (Lipinski definition) is 1. The summed E-state index contributed by atoms with van der Waals surface area (Å²) in [5.74, 6) is 1.34. The third-order valence-corrected chi connectivity index (χ3v) is 4.94. The molecule has 0 aromatic heterocycles. The number of likely N-dealkylation sites (tertiary alicyclic amines) is 1. The molecule has 2 atom stereocenters. The molecule has 0 saturated carbocycles. The lowest BCUT2D eigenvalue weighted by molar-refractivity contribution is 0.152. The van der Waals surface area contributed by atoms with Crippen molar-refractivity contribution in [3.63, 3.8) is 0 Å². The van der Waals surface area contributed by atoms with Crippen molar-refractivity contribution in [2.75, 3.05) is 32.7 Å². The van der Waals surface area contributed by atoms with Crippen molar-refractivity contribution in [3.05, 3.63) is 0 Å². The standard InChI is InChI=1S/C18H37N3O/c1-6-16-10-9-11-21(14-16)18(22)19-13-17(12-15(4)5)20(7-2)8-3/h15-17H,6-14H2,1-5H3,(H,19,22). The maximum absolute atomic E-state index is 12.4. The summed E-state index contributed by atoms with van der Waals surface area (Å²) >= 11 is 0. The number of nitrogens with zero attached hydrogens (tertiary/aromatic N) is 2. The molecule has 4 nitrogen and oxygen atoms in total. The fourth-order valence-corrected chi connectivity index (χ4v) is 3.55. The molecule has 0 radical (unpaired) electrons. The van der Waals surface area contributed by atoms with Crippen molar-refractivity contribution >= 4 is 6.03 Å². The van der Waals surface area contributed by atoms with E-state index in [-0.39, 0.29) is 6.03 Å². The van der Waals surface area contributed by atoms with Gasteiger partial charge in [0.25, 0.3) is 0 Å². The van der Waals surface area contributed by atoms with Crippen LogP contribution in [0.2, 0.25) is 0 Å². The lowest BCUT2D eigenvalue weighted by Crippen LogP contribution is -2.50. The molecule has 130 valence electrons. The highest BCUT2D eigenvalue weighted by Crippen LogP contribution is 2.19. The minimum absolute atomic E-state index is 0.138. The largest absolute Gasteiger partial charge is 0.336 e. The van der Waals surface area contributed by atoms with Gasteiger partial charge in [-0.15, -0.1) is 0 Å². The molecule has 1 heterocycles. The van der Waals surface area contributed by atoms with Crippen LogP contribution in [0.15, 0.2) is 0 Å². The van der Waals surface area contributed by atoms with E-state index >= 15 is 0 Å². The zero-order valence-electron chi connectivity index (χ0n) is 15.4. The van der Waals surface area contributed by atoms with Gasteiger partial charge in [-0.05, 0) is 44.2 Å². The predicted octanol–water partition coefficient (Wildman–Crippen LogP) is 3.57. The molecule has 1 rings (SSSR count).